The monoisotopic (exact) mass is 361 g/mol. The normalized spacial score (nSPS) is 20.9. The van der Waals surface area contributed by atoms with Gasteiger partial charge in [0.2, 0.25) is 10.0 Å². The Hall–Kier alpha value is -0.590. The van der Waals surface area contributed by atoms with Crippen molar-refractivity contribution >= 4 is 26.0 Å². The molecule has 1 aromatic carbocycles. The molecular formula is C14H20BrNO3S. The molecule has 1 saturated heterocycles. The lowest BCUT2D eigenvalue weighted by atomic mass is 10.1. The Balaban J connectivity index is 2.44. The predicted molar refractivity (Wildman–Crippen MR) is 82.5 cm³/mol. The highest BCUT2D eigenvalue weighted by Gasteiger charge is 2.33. The summed E-state index contributed by atoms with van der Waals surface area (Å²) in [6.45, 7) is 4.85. The highest BCUT2D eigenvalue weighted by atomic mass is 79.9. The third kappa shape index (κ3) is 3.18. The van der Waals surface area contributed by atoms with E-state index in [4.69, 9.17) is 4.74 Å². The third-order valence-electron chi connectivity index (χ3n) is 3.53. The maximum atomic E-state index is 12.9. The fourth-order valence-corrected chi connectivity index (χ4v) is 4.88. The molecule has 0 spiro atoms. The smallest absolute Gasteiger partial charge is 0.247 e. The second-order valence-electron chi connectivity index (χ2n) is 4.98. The summed E-state index contributed by atoms with van der Waals surface area (Å²) in [7, 11) is -3.51. The molecule has 0 aliphatic carbocycles. The lowest BCUT2D eigenvalue weighted by molar-refractivity contribution is 0.266. The van der Waals surface area contributed by atoms with E-state index < -0.39 is 10.0 Å². The van der Waals surface area contributed by atoms with Crippen LogP contribution in [0.5, 0.6) is 5.75 Å². The van der Waals surface area contributed by atoms with Crippen LogP contribution in [0.4, 0.5) is 0 Å². The van der Waals surface area contributed by atoms with Gasteiger partial charge < -0.3 is 4.74 Å². The molecule has 4 nitrogen and oxygen atoms in total. The average molecular weight is 362 g/mol. The first kappa shape index (κ1) is 15.8. The van der Waals surface area contributed by atoms with Crippen molar-refractivity contribution in [2.45, 2.75) is 44.0 Å². The van der Waals surface area contributed by atoms with Gasteiger partial charge in [-0.3, -0.25) is 0 Å². The minimum atomic E-state index is -3.51. The van der Waals surface area contributed by atoms with E-state index in [2.05, 4.69) is 15.9 Å². The second-order valence-corrected chi connectivity index (χ2v) is 7.76. The van der Waals surface area contributed by atoms with Crippen molar-refractivity contribution in [1.82, 2.24) is 4.31 Å². The number of piperidine rings is 1. The molecule has 0 bridgehead atoms. The zero-order valence-corrected chi connectivity index (χ0v) is 14.2. The molecule has 1 aromatic rings. The Morgan fingerprint density at radius 1 is 1.40 bits per heavy atom. The first-order valence-corrected chi connectivity index (χ1v) is 9.14. The molecular weight excluding hydrogens is 342 g/mol. The number of rotatable bonds is 4. The summed E-state index contributed by atoms with van der Waals surface area (Å²) in [6, 6.07) is 5.17. The van der Waals surface area contributed by atoms with E-state index in [9.17, 15) is 8.42 Å². The van der Waals surface area contributed by atoms with Crippen LogP contribution >= 0.6 is 15.9 Å². The Labute approximate surface area is 129 Å². The molecule has 1 aliphatic heterocycles. The van der Waals surface area contributed by atoms with E-state index in [0.717, 1.165) is 23.7 Å². The highest BCUT2D eigenvalue weighted by Crippen LogP contribution is 2.32. The van der Waals surface area contributed by atoms with Gasteiger partial charge in [-0.2, -0.15) is 4.31 Å². The summed E-state index contributed by atoms with van der Waals surface area (Å²) in [6.07, 6.45) is 2.92. The van der Waals surface area contributed by atoms with Gasteiger partial charge in [-0.15, -0.1) is 0 Å². The molecule has 1 heterocycles. The van der Waals surface area contributed by atoms with Gasteiger partial charge in [0.25, 0.3) is 0 Å². The topological polar surface area (TPSA) is 46.6 Å². The SMILES string of the molecule is CCOc1ccc(Br)cc1S(=O)(=O)N1CCCC[C@H]1C. The van der Waals surface area contributed by atoms with Crippen LogP contribution in [0.25, 0.3) is 0 Å². The van der Waals surface area contributed by atoms with E-state index in [0.29, 0.717) is 18.9 Å². The molecule has 20 heavy (non-hydrogen) atoms. The standard InChI is InChI=1S/C14H20BrNO3S/c1-3-19-13-8-7-12(15)10-14(13)20(17,18)16-9-5-4-6-11(16)2/h7-8,10-11H,3-6,9H2,1-2H3/t11-/m1/s1. The second kappa shape index (κ2) is 6.45. The first-order chi connectivity index (χ1) is 9.46. The third-order valence-corrected chi connectivity index (χ3v) is 6.06. The van der Waals surface area contributed by atoms with Crippen LogP contribution in [0.15, 0.2) is 27.6 Å². The van der Waals surface area contributed by atoms with Crippen LogP contribution in [0.1, 0.15) is 33.1 Å². The summed E-state index contributed by atoms with van der Waals surface area (Å²) >= 11 is 3.34. The number of hydrogen-bond donors (Lipinski definition) is 0. The van der Waals surface area contributed by atoms with Gasteiger partial charge in [0.1, 0.15) is 10.6 Å². The van der Waals surface area contributed by atoms with Crippen molar-refractivity contribution in [2.24, 2.45) is 0 Å². The van der Waals surface area contributed by atoms with Crippen LogP contribution in [-0.4, -0.2) is 31.9 Å². The number of ether oxygens (including phenoxy) is 1. The molecule has 0 aromatic heterocycles. The summed E-state index contributed by atoms with van der Waals surface area (Å²) in [5, 5.41) is 0. The summed E-state index contributed by atoms with van der Waals surface area (Å²) in [5.74, 6) is 0.425. The predicted octanol–water partition coefficient (Wildman–Crippen LogP) is 3.41. The number of benzene rings is 1. The molecule has 1 atom stereocenters. The minimum Gasteiger partial charge on any atom is -0.492 e. The van der Waals surface area contributed by atoms with Crippen LogP contribution in [0, 0.1) is 0 Å². The Morgan fingerprint density at radius 2 is 2.15 bits per heavy atom. The molecule has 6 heteroatoms. The average Bonchev–Trinajstić information content (AvgIpc) is 2.41. The lowest BCUT2D eigenvalue weighted by Crippen LogP contribution is -2.42. The number of sulfonamides is 1. The van der Waals surface area contributed by atoms with E-state index in [1.165, 1.54) is 0 Å². The minimum absolute atomic E-state index is 0.0437. The van der Waals surface area contributed by atoms with Gasteiger partial charge in [0, 0.05) is 17.1 Å². The largest absolute Gasteiger partial charge is 0.492 e. The van der Waals surface area contributed by atoms with Crippen molar-refractivity contribution in [3.63, 3.8) is 0 Å². The Morgan fingerprint density at radius 3 is 2.80 bits per heavy atom. The first-order valence-electron chi connectivity index (χ1n) is 6.91. The van der Waals surface area contributed by atoms with Gasteiger partial charge >= 0.3 is 0 Å². The van der Waals surface area contributed by atoms with Gasteiger partial charge in [-0.25, -0.2) is 8.42 Å². The van der Waals surface area contributed by atoms with Crippen molar-refractivity contribution in [2.75, 3.05) is 13.2 Å². The summed E-state index contributed by atoms with van der Waals surface area (Å²) < 4.78 is 33.6. The number of hydrogen-bond acceptors (Lipinski definition) is 3. The molecule has 0 amide bonds. The lowest BCUT2D eigenvalue weighted by Gasteiger charge is -2.32. The van der Waals surface area contributed by atoms with E-state index in [-0.39, 0.29) is 10.9 Å². The van der Waals surface area contributed by atoms with Crippen LogP contribution in [0.3, 0.4) is 0 Å². The van der Waals surface area contributed by atoms with Gasteiger partial charge in [-0.05, 0) is 44.9 Å². The zero-order chi connectivity index (χ0) is 14.8. The number of nitrogens with zero attached hydrogens (tertiary/aromatic N) is 1. The van der Waals surface area contributed by atoms with Crippen molar-refractivity contribution in [3.05, 3.63) is 22.7 Å². The summed E-state index contributed by atoms with van der Waals surface area (Å²) in [5.41, 5.74) is 0. The molecule has 0 unspecified atom stereocenters. The molecule has 0 saturated carbocycles. The maximum absolute atomic E-state index is 12.9. The molecule has 0 radical (unpaired) electrons. The Bertz CT molecular complexity index is 574. The quantitative estimate of drug-likeness (QED) is 0.825. The fraction of sp³-hybridized carbons (Fsp3) is 0.571. The van der Waals surface area contributed by atoms with Crippen molar-refractivity contribution in [3.8, 4) is 5.75 Å². The van der Waals surface area contributed by atoms with Crippen LogP contribution in [-0.2, 0) is 10.0 Å². The zero-order valence-electron chi connectivity index (χ0n) is 11.8. The van der Waals surface area contributed by atoms with Crippen molar-refractivity contribution < 1.29 is 13.2 Å². The van der Waals surface area contributed by atoms with E-state index >= 15 is 0 Å². The van der Waals surface area contributed by atoms with E-state index in [1.54, 1.807) is 22.5 Å². The van der Waals surface area contributed by atoms with Gasteiger partial charge in [0.05, 0.1) is 6.61 Å². The van der Waals surface area contributed by atoms with Crippen LogP contribution in [0.2, 0.25) is 0 Å². The molecule has 2 rings (SSSR count). The summed E-state index contributed by atoms with van der Waals surface area (Å²) in [4.78, 5) is 0.252. The number of halogens is 1. The fourth-order valence-electron chi connectivity index (χ4n) is 2.51. The van der Waals surface area contributed by atoms with Gasteiger partial charge in [-0.1, -0.05) is 22.4 Å². The van der Waals surface area contributed by atoms with Crippen LogP contribution < -0.4 is 4.74 Å². The van der Waals surface area contributed by atoms with Gasteiger partial charge in [0.15, 0.2) is 0 Å². The molecule has 1 aliphatic rings. The highest BCUT2D eigenvalue weighted by molar-refractivity contribution is 9.10. The van der Waals surface area contributed by atoms with Crippen molar-refractivity contribution in [1.29, 1.82) is 0 Å². The van der Waals surface area contributed by atoms with E-state index in [1.807, 2.05) is 13.8 Å². The maximum Gasteiger partial charge on any atom is 0.247 e. The Kier molecular flexibility index (Phi) is 5.09. The molecule has 112 valence electrons. The molecule has 1 fully saturated rings. The molecule has 0 N–H and O–H groups in total.